The van der Waals surface area contributed by atoms with Gasteiger partial charge >= 0.3 is 0 Å². The largest absolute Gasteiger partial charge is 0.508 e. The molecule has 2 N–H and O–H groups in total. The Morgan fingerprint density at radius 2 is 2.19 bits per heavy atom. The highest BCUT2D eigenvalue weighted by Crippen LogP contribution is 2.15. The number of hydrogen-bond donors (Lipinski definition) is 2. The van der Waals surface area contributed by atoms with Crippen LogP contribution in [0.15, 0.2) is 29.4 Å². The molecule has 0 aliphatic rings. The van der Waals surface area contributed by atoms with E-state index in [9.17, 15) is 4.79 Å². The second-order valence-electron chi connectivity index (χ2n) is 3.27. The standard InChI is InChI=1S/C10H12N4O2/c1-7(13-10(16)6-12-14-11)8-2-4-9(15)5-3-8/h2-5,7,15H,6H2,1H3,(H,13,16)/t7-/m0/s1. The zero-order valence-corrected chi connectivity index (χ0v) is 8.79. The summed E-state index contributed by atoms with van der Waals surface area (Å²) in [5.74, 6) is -0.158. The highest BCUT2D eigenvalue weighted by molar-refractivity contribution is 5.78. The Labute approximate surface area is 92.5 Å². The van der Waals surface area contributed by atoms with Gasteiger partial charge in [0.1, 0.15) is 12.3 Å². The van der Waals surface area contributed by atoms with Gasteiger partial charge in [0, 0.05) is 4.91 Å². The van der Waals surface area contributed by atoms with Crippen LogP contribution in [0, 0.1) is 0 Å². The van der Waals surface area contributed by atoms with Gasteiger partial charge in [-0.1, -0.05) is 17.2 Å². The van der Waals surface area contributed by atoms with Crippen LogP contribution in [0.2, 0.25) is 0 Å². The van der Waals surface area contributed by atoms with Crippen LogP contribution in [0.3, 0.4) is 0 Å². The summed E-state index contributed by atoms with van der Waals surface area (Å²) in [6.45, 7) is 1.60. The molecule has 0 saturated heterocycles. The van der Waals surface area contributed by atoms with Gasteiger partial charge in [0.2, 0.25) is 5.91 Å². The molecule has 0 unspecified atom stereocenters. The third-order valence-electron chi connectivity index (χ3n) is 2.05. The quantitative estimate of drug-likeness (QED) is 0.460. The number of azide groups is 1. The van der Waals surface area contributed by atoms with Crippen LogP contribution in [-0.2, 0) is 4.79 Å². The number of carbonyl (C=O) groups excluding carboxylic acids is 1. The van der Waals surface area contributed by atoms with Crippen LogP contribution in [0.5, 0.6) is 5.75 Å². The fraction of sp³-hybridized carbons (Fsp3) is 0.300. The number of benzene rings is 1. The van der Waals surface area contributed by atoms with Gasteiger partial charge < -0.3 is 10.4 Å². The van der Waals surface area contributed by atoms with E-state index >= 15 is 0 Å². The number of phenols is 1. The van der Waals surface area contributed by atoms with E-state index in [1.165, 1.54) is 0 Å². The molecule has 1 atom stereocenters. The van der Waals surface area contributed by atoms with Gasteiger partial charge in [0.05, 0.1) is 6.04 Å². The number of nitrogens with zero attached hydrogens (tertiary/aromatic N) is 3. The van der Waals surface area contributed by atoms with Crippen LogP contribution in [-0.4, -0.2) is 17.6 Å². The molecule has 1 amide bonds. The van der Waals surface area contributed by atoms with Gasteiger partial charge in [-0.3, -0.25) is 4.79 Å². The normalized spacial score (nSPS) is 11.3. The molecule has 0 spiro atoms. The Balaban J connectivity index is 2.58. The molecule has 0 bridgehead atoms. The van der Waals surface area contributed by atoms with Crippen molar-refractivity contribution >= 4 is 5.91 Å². The molecule has 0 saturated carbocycles. The number of carbonyl (C=O) groups is 1. The van der Waals surface area contributed by atoms with Gasteiger partial charge in [-0.25, -0.2) is 0 Å². The molecule has 16 heavy (non-hydrogen) atoms. The van der Waals surface area contributed by atoms with Crippen molar-refractivity contribution in [1.82, 2.24) is 5.32 Å². The molecular weight excluding hydrogens is 208 g/mol. The zero-order chi connectivity index (χ0) is 12.0. The summed E-state index contributed by atoms with van der Waals surface area (Å²) in [7, 11) is 0. The van der Waals surface area contributed by atoms with Crippen molar-refractivity contribution in [1.29, 1.82) is 0 Å². The summed E-state index contributed by atoms with van der Waals surface area (Å²) in [5, 5.41) is 14.9. The van der Waals surface area contributed by atoms with Crippen molar-refractivity contribution in [3.63, 3.8) is 0 Å². The van der Waals surface area contributed by atoms with Crippen LogP contribution < -0.4 is 5.32 Å². The minimum Gasteiger partial charge on any atom is -0.508 e. The molecule has 6 nitrogen and oxygen atoms in total. The smallest absolute Gasteiger partial charge is 0.226 e. The number of nitrogens with one attached hydrogen (secondary N) is 1. The number of phenolic OH excluding ortho intramolecular Hbond substituents is 1. The first-order valence-electron chi connectivity index (χ1n) is 4.72. The number of aromatic hydroxyl groups is 1. The van der Waals surface area contributed by atoms with Crippen molar-refractivity contribution in [2.45, 2.75) is 13.0 Å². The minimum atomic E-state index is -0.335. The first-order valence-corrected chi connectivity index (χ1v) is 4.72. The average Bonchev–Trinajstić information content (AvgIpc) is 2.27. The van der Waals surface area contributed by atoms with E-state index in [1.54, 1.807) is 31.2 Å². The third-order valence-corrected chi connectivity index (χ3v) is 2.05. The summed E-state index contributed by atoms with van der Waals surface area (Å²) in [6.07, 6.45) is 0. The maximum atomic E-state index is 11.2. The van der Waals surface area contributed by atoms with Crippen molar-refractivity contribution in [2.24, 2.45) is 5.11 Å². The van der Waals surface area contributed by atoms with Gasteiger partial charge in [0.25, 0.3) is 0 Å². The predicted molar refractivity (Wildman–Crippen MR) is 58.7 cm³/mol. The van der Waals surface area contributed by atoms with Crippen molar-refractivity contribution in [3.05, 3.63) is 40.3 Å². The molecule has 0 aliphatic carbocycles. The lowest BCUT2D eigenvalue weighted by Crippen LogP contribution is -2.28. The lowest BCUT2D eigenvalue weighted by molar-refractivity contribution is -0.120. The summed E-state index contributed by atoms with van der Waals surface area (Å²) < 4.78 is 0. The Morgan fingerprint density at radius 1 is 1.56 bits per heavy atom. The Bertz CT molecular complexity index is 409. The van der Waals surface area contributed by atoms with E-state index in [2.05, 4.69) is 15.3 Å². The van der Waals surface area contributed by atoms with E-state index in [0.717, 1.165) is 5.56 Å². The van der Waals surface area contributed by atoms with Crippen molar-refractivity contribution in [3.8, 4) is 5.75 Å². The fourth-order valence-electron chi connectivity index (χ4n) is 1.23. The van der Waals surface area contributed by atoms with Gasteiger partial charge in [0.15, 0.2) is 0 Å². The Hall–Kier alpha value is -2.20. The Morgan fingerprint density at radius 3 is 2.75 bits per heavy atom. The van der Waals surface area contributed by atoms with Crippen molar-refractivity contribution < 1.29 is 9.90 Å². The second-order valence-corrected chi connectivity index (χ2v) is 3.27. The molecule has 0 aromatic heterocycles. The molecule has 0 radical (unpaired) electrons. The monoisotopic (exact) mass is 220 g/mol. The molecule has 6 heteroatoms. The molecule has 1 aromatic carbocycles. The van der Waals surface area contributed by atoms with Crippen LogP contribution in [0.4, 0.5) is 0 Å². The number of rotatable bonds is 4. The minimum absolute atomic E-state index is 0.177. The van der Waals surface area contributed by atoms with Crippen LogP contribution >= 0.6 is 0 Å². The van der Waals surface area contributed by atoms with E-state index in [1.807, 2.05) is 0 Å². The first-order chi connectivity index (χ1) is 7.63. The summed E-state index contributed by atoms with van der Waals surface area (Å²) in [6, 6.07) is 6.33. The fourth-order valence-corrected chi connectivity index (χ4v) is 1.23. The van der Waals surface area contributed by atoms with Gasteiger partial charge in [-0.15, -0.1) is 0 Å². The first kappa shape index (κ1) is 11.9. The van der Waals surface area contributed by atoms with Crippen LogP contribution in [0.1, 0.15) is 18.5 Å². The van der Waals surface area contributed by atoms with Gasteiger partial charge in [-0.2, -0.15) is 0 Å². The Kier molecular flexibility index (Phi) is 4.17. The van der Waals surface area contributed by atoms with E-state index < -0.39 is 0 Å². The molecule has 0 aliphatic heterocycles. The topological polar surface area (TPSA) is 98.1 Å². The second kappa shape index (κ2) is 5.63. The zero-order valence-electron chi connectivity index (χ0n) is 8.79. The van der Waals surface area contributed by atoms with E-state index in [0.29, 0.717) is 0 Å². The molecular formula is C10H12N4O2. The SMILES string of the molecule is C[C@H](NC(=O)CN=[N+]=[N-])c1ccc(O)cc1. The summed E-state index contributed by atoms with van der Waals surface area (Å²) >= 11 is 0. The molecule has 84 valence electrons. The lowest BCUT2D eigenvalue weighted by atomic mass is 10.1. The maximum absolute atomic E-state index is 11.2. The maximum Gasteiger partial charge on any atom is 0.226 e. The third kappa shape index (κ3) is 3.51. The molecule has 1 aromatic rings. The lowest BCUT2D eigenvalue weighted by Gasteiger charge is -2.13. The predicted octanol–water partition coefficient (Wildman–Crippen LogP) is 1.88. The molecule has 0 heterocycles. The summed E-state index contributed by atoms with van der Waals surface area (Å²) in [5.41, 5.74) is 8.92. The average molecular weight is 220 g/mol. The summed E-state index contributed by atoms with van der Waals surface area (Å²) in [4.78, 5) is 13.7. The molecule has 1 rings (SSSR count). The van der Waals surface area contributed by atoms with Crippen LogP contribution in [0.25, 0.3) is 10.4 Å². The van der Waals surface area contributed by atoms with Gasteiger partial charge in [-0.05, 0) is 30.2 Å². The number of amides is 1. The van der Waals surface area contributed by atoms with E-state index in [-0.39, 0.29) is 24.2 Å². The number of hydrogen-bond acceptors (Lipinski definition) is 3. The highest BCUT2D eigenvalue weighted by Gasteiger charge is 2.08. The van der Waals surface area contributed by atoms with E-state index in [4.69, 9.17) is 10.6 Å². The van der Waals surface area contributed by atoms with Crippen molar-refractivity contribution in [2.75, 3.05) is 6.54 Å². The highest BCUT2D eigenvalue weighted by atomic mass is 16.3. The molecule has 0 fully saturated rings.